The molecule has 4 heteroatoms. The van der Waals surface area contributed by atoms with Crippen molar-refractivity contribution in [2.24, 2.45) is 5.92 Å². The Balaban J connectivity index is 1.69. The third kappa shape index (κ3) is 4.26. The van der Waals surface area contributed by atoms with E-state index in [0.29, 0.717) is 18.9 Å². The molecule has 1 aromatic carbocycles. The Hall–Kier alpha value is -0.580. The SMILES string of the molecule is OC(CCOc1ccc(Br)cc1)C1CCCNC1. The molecule has 1 fully saturated rings. The number of piperidine rings is 1. The van der Waals surface area contributed by atoms with E-state index >= 15 is 0 Å². The lowest BCUT2D eigenvalue weighted by molar-refractivity contribution is 0.0702. The van der Waals surface area contributed by atoms with Crippen LogP contribution in [0.5, 0.6) is 5.75 Å². The second-order valence-corrected chi connectivity index (χ2v) is 5.68. The summed E-state index contributed by atoms with van der Waals surface area (Å²) < 4.78 is 6.67. The van der Waals surface area contributed by atoms with Crippen molar-refractivity contribution < 1.29 is 9.84 Å². The van der Waals surface area contributed by atoms with Crippen molar-refractivity contribution in [1.82, 2.24) is 5.32 Å². The molecule has 1 aromatic rings. The molecule has 0 amide bonds. The first-order valence-corrected chi connectivity index (χ1v) is 7.32. The number of hydrogen-bond acceptors (Lipinski definition) is 3. The molecule has 1 heterocycles. The summed E-state index contributed by atoms with van der Waals surface area (Å²) in [5.74, 6) is 1.24. The zero-order chi connectivity index (χ0) is 12.8. The van der Waals surface area contributed by atoms with E-state index < -0.39 is 0 Å². The summed E-state index contributed by atoms with van der Waals surface area (Å²) in [7, 11) is 0. The van der Waals surface area contributed by atoms with Gasteiger partial charge in [-0.05, 0) is 49.6 Å². The molecule has 18 heavy (non-hydrogen) atoms. The highest BCUT2D eigenvalue weighted by atomic mass is 79.9. The van der Waals surface area contributed by atoms with Crippen LogP contribution in [-0.2, 0) is 0 Å². The molecule has 100 valence electrons. The third-order valence-corrected chi connectivity index (χ3v) is 3.90. The number of nitrogens with one attached hydrogen (secondary N) is 1. The van der Waals surface area contributed by atoms with Gasteiger partial charge in [0.15, 0.2) is 0 Å². The van der Waals surface area contributed by atoms with Crippen LogP contribution in [0.3, 0.4) is 0 Å². The lowest BCUT2D eigenvalue weighted by Crippen LogP contribution is -2.37. The predicted octanol–water partition coefficient (Wildman–Crippen LogP) is 2.58. The van der Waals surface area contributed by atoms with Gasteiger partial charge in [-0.15, -0.1) is 0 Å². The first kappa shape index (κ1) is 13.8. The van der Waals surface area contributed by atoms with E-state index in [4.69, 9.17) is 4.74 Å². The van der Waals surface area contributed by atoms with Crippen molar-refractivity contribution in [1.29, 1.82) is 0 Å². The monoisotopic (exact) mass is 313 g/mol. The van der Waals surface area contributed by atoms with E-state index in [1.165, 1.54) is 0 Å². The van der Waals surface area contributed by atoms with Crippen LogP contribution in [0.1, 0.15) is 19.3 Å². The van der Waals surface area contributed by atoms with E-state index in [0.717, 1.165) is 36.2 Å². The molecule has 1 aliphatic rings. The van der Waals surface area contributed by atoms with Gasteiger partial charge in [-0.25, -0.2) is 0 Å². The van der Waals surface area contributed by atoms with E-state index in [1.807, 2.05) is 24.3 Å². The fourth-order valence-electron chi connectivity index (χ4n) is 2.27. The number of rotatable bonds is 5. The second-order valence-electron chi connectivity index (χ2n) is 4.76. The fraction of sp³-hybridized carbons (Fsp3) is 0.571. The maximum absolute atomic E-state index is 10.1. The average Bonchev–Trinajstić information content (AvgIpc) is 2.42. The molecular formula is C14H20BrNO2. The topological polar surface area (TPSA) is 41.5 Å². The van der Waals surface area contributed by atoms with Crippen molar-refractivity contribution in [3.63, 3.8) is 0 Å². The first-order valence-electron chi connectivity index (χ1n) is 6.53. The van der Waals surface area contributed by atoms with Gasteiger partial charge in [0.25, 0.3) is 0 Å². The molecule has 0 aliphatic carbocycles. The zero-order valence-electron chi connectivity index (χ0n) is 10.4. The Morgan fingerprint density at radius 1 is 1.39 bits per heavy atom. The van der Waals surface area contributed by atoms with Crippen LogP contribution in [0.2, 0.25) is 0 Å². The normalized spacial score (nSPS) is 21.6. The van der Waals surface area contributed by atoms with Gasteiger partial charge in [0.05, 0.1) is 12.7 Å². The smallest absolute Gasteiger partial charge is 0.119 e. The van der Waals surface area contributed by atoms with Gasteiger partial charge < -0.3 is 15.2 Å². The molecule has 3 nitrogen and oxygen atoms in total. The Bertz CT molecular complexity index is 349. The lowest BCUT2D eigenvalue weighted by Gasteiger charge is -2.27. The molecule has 2 rings (SSSR count). The molecule has 2 unspecified atom stereocenters. The second kappa shape index (κ2) is 7.12. The van der Waals surface area contributed by atoms with Gasteiger partial charge in [-0.3, -0.25) is 0 Å². The maximum Gasteiger partial charge on any atom is 0.119 e. The van der Waals surface area contributed by atoms with Gasteiger partial charge in [0.1, 0.15) is 5.75 Å². The lowest BCUT2D eigenvalue weighted by atomic mass is 9.92. The van der Waals surface area contributed by atoms with Gasteiger partial charge in [0.2, 0.25) is 0 Å². The van der Waals surface area contributed by atoms with Gasteiger partial charge in [-0.2, -0.15) is 0 Å². The van der Waals surface area contributed by atoms with Crippen LogP contribution in [0.25, 0.3) is 0 Å². The van der Waals surface area contributed by atoms with Crippen molar-refractivity contribution in [2.75, 3.05) is 19.7 Å². The van der Waals surface area contributed by atoms with Crippen LogP contribution in [0.15, 0.2) is 28.7 Å². The minimum Gasteiger partial charge on any atom is -0.493 e. The summed E-state index contributed by atoms with van der Waals surface area (Å²) in [5.41, 5.74) is 0. The molecule has 0 saturated carbocycles. The minimum atomic E-state index is -0.256. The van der Waals surface area contributed by atoms with Gasteiger partial charge in [0, 0.05) is 17.4 Å². The number of benzene rings is 1. The van der Waals surface area contributed by atoms with Crippen molar-refractivity contribution >= 4 is 15.9 Å². The zero-order valence-corrected chi connectivity index (χ0v) is 12.0. The average molecular weight is 314 g/mol. The summed E-state index contributed by atoms with van der Waals surface area (Å²) in [6, 6.07) is 7.77. The predicted molar refractivity (Wildman–Crippen MR) is 75.9 cm³/mol. The molecule has 0 spiro atoms. The Morgan fingerprint density at radius 3 is 2.83 bits per heavy atom. The number of ether oxygens (including phenoxy) is 1. The van der Waals surface area contributed by atoms with E-state index in [2.05, 4.69) is 21.2 Å². The molecule has 0 aromatic heterocycles. The Labute approximate surface area is 117 Å². The molecule has 0 radical (unpaired) electrons. The number of aliphatic hydroxyl groups is 1. The summed E-state index contributed by atoms with van der Waals surface area (Å²) in [6.07, 6.45) is 2.72. The quantitative estimate of drug-likeness (QED) is 0.878. The molecule has 2 atom stereocenters. The Morgan fingerprint density at radius 2 is 2.17 bits per heavy atom. The third-order valence-electron chi connectivity index (χ3n) is 3.38. The largest absolute Gasteiger partial charge is 0.493 e. The highest BCUT2D eigenvalue weighted by molar-refractivity contribution is 9.10. The van der Waals surface area contributed by atoms with Crippen LogP contribution in [0.4, 0.5) is 0 Å². The van der Waals surface area contributed by atoms with E-state index in [1.54, 1.807) is 0 Å². The maximum atomic E-state index is 10.1. The van der Waals surface area contributed by atoms with Crippen molar-refractivity contribution in [3.05, 3.63) is 28.7 Å². The molecular weight excluding hydrogens is 294 g/mol. The van der Waals surface area contributed by atoms with Crippen LogP contribution >= 0.6 is 15.9 Å². The molecule has 1 aliphatic heterocycles. The Kier molecular flexibility index (Phi) is 5.47. The van der Waals surface area contributed by atoms with E-state index in [-0.39, 0.29) is 6.10 Å². The van der Waals surface area contributed by atoms with Gasteiger partial charge in [-0.1, -0.05) is 15.9 Å². The van der Waals surface area contributed by atoms with Gasteiger partial charge >= 0.3 is 0 Å². The fourth-order valence-corrected chi connectivity index (χ4v) is 2.54. The summed E-state index contributed by atoms with van der Waals surface area (Å²) in [6.45, 7) is 2.58. The first-order chi connectivity index (χ1) is 8.75. The highest BCUT2D eigenvalue weighted by Gasteiger charge is 2.21. The standard InChI is InChI=1S/C14H20BrNO2/c15-12-3-5-13(6-4-12)18-9-7-14(17)11-2-1-8-16-10-11/h3-6,11,14,16-17H,1-2,7-10H2. The van der Waals surface area contributed by atoms with E-state index in [9.17, 15) is 5.11 Å². The molecule has 0 bridgehead atoms. The molecule has 1 saturated heterocycles. The summed E-state index contributed by atoms with van der Waals surface area (Å²) in [5, 5.41) is 13.4. The number of hydrogen-bond donors (Lipinski definition) is 2. The number of halogens is 1. The molecule has 2 N–H and O–H groups in total. The summed E-state index contributed by atoms with van der Waals surface area (Å²) in [4.78, 5) is 0. The highest BCUT2D eigenvalue weighted by Crippen LogP contribution is 2.19. The van der Waals surface area contributed by atoms with Crippen LogP contribution < -0.4 is 10.1 Å². The van der Waals surface area contributed by atoms with Crippen molar-refractivity contribution in [3.8, 4) is 5.75 Å². The van der Waals surface area contributed by atoms with Crippen LogP contribution in [0, 0.1) is 5.92 Å². The number of aliphatic hydroxyl groups excluding tert-OH is 1. The van der Waals surface area contributed by atoms with Crippen molar-refractivity contribution in [2.45, 2.75) is 25.4 Å². The van der Waals surface area contributed by atoms with Crippen LogP contribution in [-0.4, -0.2) is 30.9 Å². The summed E-state index contributed by atoms with van der Waals surface area (Å²) >= 11 is 3.39. The minimum absolute atomic E-state index is 0.256.